The number of aliphatic carboxylic acids is 1. The van der Waals surface area contributed by atoms with E-state index < -0.39 is 29.9 Å². The van der Waals surface area contributed by atoms with Gasteiger partial charge in [0.25, 0.3) is 0 Å². The molecule has 1 aliphatic rings. The lowest BCUT2D eigenvalue weighted by Crippen LogP contribution is -2.36. The predicted octanol–water partition coefficient (Wildman–Crippen LogP) is 1.60. The Hall–Kier alpha value is -2.27. The molecule has 0 radical (unpaired) electrons. The molecule has 5 nitrogen and oxygen atoms in total. The van der Waals surface area contributed by atoms with Gasteiger partial charge in [-0.15, -0.1) is 0 Å². The number of halogens is 3. The number of rotatable bonds is 2. The summed E-state index contributed by atoms with van der Waals surface area (Å²) in [5.41, 5.74) is -1.17. The van der Waals surface area contributed by atoms with E-state index in [1.807, 2.05) is 0 Å². The summed E-state index contributed by atoms with van der Waals surface area (Å²) in [6.07, 6.45) is -5.53. The molecular weight excluding hydrogens is 289 g/mol. The van der Waals surface area contributed by atoms with Gasteiger partial charge in [-0.2, -0.15) is 18.4 Å². The highest BCUT2D eigenvalue weighted by atomic mass is 19.4. The zero-order chi connectivity index (χ0) is 15.8. The highest BCUT2D eigenvalue weighted by molar-refractivity contribution is 5.80. The number of carbonyl (C=O) groups is 1. The van der Waals surface area contributed by atoms with Gasteiger partial charge in [0.15, 0.2) is 0 Å². The molecule has 112 valence electrons. The van der Waals surface area contributed by atoms with Crippen molar-refractivity contribution in [3.8, 4) is 6.07 Å². The van der Waals surface area contributed by atoms with Crippen molar-refractivity contribution in [1.29, 1.82) is 5.26 Å². The number of carboxylic acid groups (broad SMARTS) is 1. The first-order valence-electron chi connectivity index (χ1n) is 6.03. The SMILES string of the molecule is N#Cc1cc(C(F)(F)F)ccc1N1CC(O)CC1C(=O)O. The van der Waals surface area contributed by atoms with E-state index >= 15 is 0 Å². The van der Waals surface area contributed by atoms with Crippen molar-refractivity contribution in [1.82, 2.24) is 0 Å². The fourth-order valence-corrected chi connectivity index (χ4v) is 2.37. The van der Waals surface area contributed by atoms with Gasteiger partial charge >= 0.3 is 12.1 Å². The summed E-state index contributed by atoms with van der Waals surface area (Å²) in [5.74, 6) is -1.20. The van der Waals surface area contributed by atoms with Crippen LogP contribution in [0.15, 0.2) is 18.2 Å². The van der Waals surface area contributed by atoms with E-state index in [9.17, 15) is 23.1 Å². The monoisotopic (exact) mass is 300 g/mol. The Bertz CT molecular complexity index is 610. The Morgan fingerprint density at radius 2 is 2.10 bits per heavy atom. The lowest BCUT2D eigenvalue weighted by molar-refractivity contribution is -0.139. The van der Waals surface area contributed by atoms with Gasteiger partial charge in [-0.25, -0.2) is 4.79 Å². The van der Waals surface area contributed by atoms with Crippen molar-refractivity contribution in [2.24, 2.45) is 0 Å². The van der Waals surface area contributed by atoms with Gasteiger partial charge in [0.05, 0.1) is 22.9 Å². The molecule has 2 unspecified atom stereocenters. The molecule has 1 aromatic carbocycles. The molecule has 1 aromatic rings. The minimum Gasteiger partial charge on any atom is -0.480 e. The number of anilines is 1. The summed E-state index contributed by atoms with van der Waals surface area (Å²) < 4.78 is 37.9. The fourth-order valence-electron chi connectivity index (χ4n) is 2.37. The average Bonchev–Trinajstić information content (AvgIpc) is 2.79. The van der Waals surface area contributed by atoms with E-state index in [1.54, 1.807) is 6.07 Å². The molecule has 2 N–H and O–H groups in total. The van der Waals surface area contributed by atoms with Gasteiger partial charge in [0.1, 0.15) is 12.1 Å². The van der Waals surface area contributed by atoms with E-state index in [-0.39, 0.29) is 24.2 Å². The second-order valence-electron chi connectivity index (χ2n) is 4.74. The van der Waals surface area contributed by atoms with E-state index in [1.165, 1.54) is 4.90 Å². The van der Waals surface area contributed by atoms with Crippen molar-refractivity contribution >= 4 is 11.7 Å². The van der Waals surface area contributed by atoms with Crippen LogP contribution >= 0.6 is 0 Å². The van der Waals surface area contributed by atoms with Crippen molar-refractivity contribution in [3.05, 3.63) is 29.3 Å². The van der Waals surface area contributed by atoms with Crippen molar-refractivity contribution in [2.45, 2.75) is 24.7 Å². The minimum absolute atomic E-state index is 0.0405. The van der Waals surface area contributed by atoms with Crippen LogP contribution < -0.4 is 4.90 Å². The first-order valence-corrected chi connectivity index (χ1v) is 6.03. The van der Waals surface area contributed by atoms with Gasteiger partial charge in [-0.3, -0.25) is 0 Å². The Morgan fingerprint density at radius 3 is 2.62 bits per heavy atom. The minimum atomic E-state index is -4.58. The van der Waals surface area contributed by atoms with Crippen LogP contribution in [0.3, 0.4) is 0 Å². The van der Waals surface area contributed by atoms with Gasteiger partial charge < -0.3 is 15.1 Å². The fraction of sp³-hybridized carbons (Fsp3) is 0.385. The molecule has 0 bridgehead atoms. The van der Waals surface area contributed by atoms with Crippen molar-refractivity contribution in [3.63, 3.8) is 0 Å². The topological polar surface area (TPSA) is 84.6 Å². The van der Waals surface area contributed by atoms with Gasteiger partial charge in [0, 0.05) is 13.0 Å². The third kappa shape index (κ3) is 2.92. The molecular formula is C13H11F3N2O3. The summed E-state index contributed by atoms with van der Waals surface area (Å²) in [7, 11) is 0. The highest BCUT2D eigenvalue weighted by Gasteiger charge is 2.38. The zero-order valence-electron chi connectivity index (χ0n) is 10.6. The molecule has 8 heteroatoms. The summed E-state index contributed by atoms with van der Waals surface area (Å²) >= 11 is 0. The van der Waals surface area contributed by atoms with Crippen molar-refractivity contribution in [2.75, 3.05) is 11.4 Å². The van der Waals surface area contributed by atoms with E-state index in [0.717, 1.165) is 12.1 Å². The smallest absolute Gasteiger partial charge is 0.416 e. The van der Waals surface area contributed by atoms with E-state index in [2.05, 4.69) is 0 Å². The maximum atomic E-state index is 12.6. The quantitative estimate of drug-likeness (QED) is 0.866. The van der Waals surface area contributed by atoms with Crippen LogP contribution in [0.25, 0.3) is 0 Å². The zero-order valence-corrected chi connectivity index (χ0v) is 10.6. The lowest BCUT2D eigenvalue weighted by Gasteiger charge is -2.24. The molecule has 1 saturated heterocycles. The third-order valence-corrected chi connectivity index (χ3v) is 3.32. The molecule has 1 aliphatic heterocycles. The maximum Gasteiger partial charge on any atom is 0.416 e. The van der Waals surface area contributed by atoms with Crippen LogP contribution in [0.5, 0.6) is 0 Å². The van der Waals surface area contributed by atoms with E-state index in [4.69, 9.17) is 10.4 Å². The second kappa shape index (κ2) is 5.26. The number of hydrogen-bond donors (Lipinski definition) is 2. The van der Waals surface area contributed by atoms with Gasteiger partial charge in [-0.05, 0) is 18.2 Å². The maximum absolute atomic E-state index is 12.6. The number of nitriles is 1. The van der Waals surface area contributed by atoms with Gasteiger partial charge in [0.2, 0.25) is 0 Å². The van der Waals surface area contributed by atoms with E-state index in [0.29, 0.717) is 6.07 Å². The number of carboxylic acids is 1. The number of aliphatic hydroxyl groups is 1. The molecule has 1 fully saturated rings. The normalized spacial score (nSPS) is 22.1. The van der Waals surface area contributed by atoms with Crippen LogP contribution in [0.2, 0.25) is 0 Å². The molecule has 21 heavy (non-hydrogen) atoms. The highest BCUT2D eigenvalue weighted by Crippen LogP contribution is 2.35. The molecule has 0 aliphatic carbocycles. The molecule has 0 saturated carbocycles. The van der Waals surface area contributed by atoms with Crippen molar-refractivity contribution < 1.29 is 28.2 Å². The average molecular weight is 300 g/mol. The summed E-state index contributed by atoms with van der Waals surface area (Å²) in [6.45, 7) is -0.0446. The Morgan fingerprint density at radius 1 is 1.43 bits per heavy atom. The number of aliphatic hydroxyl groups excluding tert-OH is 1. The van der Waals surface area contributed by atoms with Crippen LogP contribution in [0.1, 0.15) is 17.5 Å². The molecule has 0 aromatic heterocycles. The first-order chi connectivity index (χ1) is 9.74. The van der Waals surface area contributed by atoms with Gasteiger partial charge in [-0.1, -0.05) is 0 Å². The Kier molecular flexibility index (Phi) is 3.78. The lowest BCUT2D eigenvalue weighted by atomic mass is 10.1. The molecule has 0 amide bonds. The predicted molar refractivity (Wildman–Crippen MR) is 65.6 cm³/mol. The molecule has 0 spiro atoms. The van der Waals surface area contributed by atoms with Crippen LogP contribution in [-0.2, 0) is 11.0 Å². The summed E-state index contributed by atoms with van der Waals surface area (Å²) in [6, 6.07) is 3.11. The molecule has 1 heterocycles. The third-order valence-electron chi connectivity index (χ3n) is 3.32. The number of hydrogen-bond acceptors (Lipinski definition) is 4. The Labute approximate surface area is 117 Å². The largest absolute Gasteiger partial charge is 0.480 e. The number of benzene rings is 1. The number of alkyl halides is 3. The standard InChI is InChI=1S/C13H11F3N2O3/c14-13(15,16)8-1-2-10(7(3-8)5-17)18-6-9(19)4-11(18)12(20)21/h1-3,9,11,19H,4,6H2,(H,20,21). The molecule has 2 rings (SSSR count). The van der Waals surface area contributed by atoms with Crippen LogP contribution in [0.4, 0.5) is 18.9 Å². The number of β-amino-alcohol motifs (C(OH)–C–C–N with tert-alkyl or cyclic N) is 1. The molecule has 2 atom stereocenters. The second-order valence-corrected chi connectivity index (χ2v) is 4.74. The first kappa shape index (κ1) is 15.1. The summed E-state index contributed by atoms with van der Waals surface area (Å²) in [5, 5.41) is 27.7. The van der Waals surface area contributed by atoms with Crippen LogP contribution in [-0.4, -0.2) is 34.9 Å². The Balaban J connectivity index is 2.45. The van der Waals surface area contributed by atoms with Crippen LogP contribution in [0, 0.1) is 11.3 Å². The number of nitrogens with zero attached hydrogens (tertiary/aromatic N) is 2. The summed E-state index contributed by atoms with van der Waals surface area (Å²) in [4.78, 5) is 12.4.